The molecule has 0 atom stereocenters. The molecule has 7 heteroatoms. The van der Waals surface area contributed by atoms with E-state index in [0.717, 1.165) is 22.7 Å². The van der Waals surface area contributed by atoms with Crippen LogP contribution in [0.1, 0.15) is 5.56 Å². The number of nitrogens with zero attached hydrogens (tertiary/aromatic N) is 1. The van der Waals surface area contributed by atoms with Gasteiger partial charge in [0.15, 0.2) is 0 Å². The summed E-state index contributed by atoms with van der Waals surface area (Å²) in [6, 6.07) is 12.5. The van der Waals surface area contributed by atoms with Crippen molar-refractivity contribution in [3.05, 3.63) is 69.8 Å². The summed E-state index contributed by atoms with van der Waals surface area (Å²) in [5, 5.41) is 8.90. The largest absolute Gasteiger partial charge is 0.396 e. The standard InChI is InChI=1S/C18H13ClFNO3S/c19-13-10-12(6-7-14(13)20)21-17(23)15(11-4-2-1-3-5-11)16(18(21)24)25-9-8-22/h1-7,10,22H,8-9H2. The lowest BCUT2D eigenvalue weighted by atomic mass is 10.1. The van der Waals surface area contributed by atoms with Crippen LogP contribution in [0.4, 0.5) is 10.1 Å². The molecule has 2 amide bonds. The highest BCUT2D eigenvalue weighted by Gasteiger charge is 2.40. The molecule has 1 aliphatic heterocycles. The monoisotopic (exact) mass is 377 g/mol. The summed E-state index contributed by atoms with van der Waals surface area (Å²) in [5.74, 6) is -1.36. The van der Waals surface area contributed by atoms with Crippen LogP contribution in [-0.2, 0) is 9.59 Å². The number of thioether (sulfide) groups is 1. The number of carbonyl (C=O) groups excluding carboxylic acids is 2. The van der Waals surface area contributed by atoms with Crippen LogP contribution in [-0.4, -0.2) is 29.3 Å². The van der Waals surface area contributed by atoms with Crippen LogP contribution < -0.4 is 4.90 Å². The Morgan fingerprint density at radius 3 is 2.44 bits per heavy atom. The molecule has 0 bridgehead atoms. The van der Waals surface area contributed by atoms with Gasteiger partial charge in [0.2, 0.25) is 0 Å². The highest BCUT2D eigenvalue weighted by Crippen LogP contribution is 2.38. The Hall–Kier alpha value is -2.15. The number of carbonyl (C=O) groups is 2. The molecule has 0 saturated carbocycles. The normalized spacial score (nSPS) is 14.6. The van der Waals surface area contributed by atoms with Crippen molar-refractivity contribution in [2.45, 2.75) is 0 Å². The topological polar surface area (TPSA) is 57.6 Å². The maximum atomic E-state index is 13.4. The molecule has 25 heavy (non-hydrogen) atoms. The number of benzene rings is 2. The lowest BCUT2D eigenvalue weighted by Gasteiger charge is -2.15. The first-order valence-corrected chi connectivity index (χ1v) is 8.78. The first kappa shape index (κ1) is 17.7. The number of aliphatic hydroxyl groups excluding tert-OH is 1. The average Bonchev–Trinajstić information content (AvgIpc) is 2.86. The third-order valence-corrected chi connectivity index (χ3v) is 4.95. The van der Waals surface area contributed by atoms with E-state index < -0.39 is 17.6 Å². The molecular weight excluding hydrogens is 365 g/mol. The highest BCUT2D eigenvalue weighted by molar-refractivity contribution is 8.04. The molecule has 3 rings (SSSR count). The number of hydrogen-bond acceptors (Lipinski definition) is 4. The van der Waals surface area contributed by atoms with Crippen molar-refractivity contribution < 1.29 is 19.1 Å². The number of amides is 2. The van der Waals surface area contributed by atoms with Gasteiger partial charge in [-0.2, -0.15) is 0 Å². The molecule has 2 aromatic rings. The van der Waals surface area contributed by atoms with Crippen molar-refractivity contribution in [1.82, 2.24) is 0 Å². The minimum Gasteiger partial charge on any atom is -0.396 e. The van der Waals surface area contributed by atoms with Gasteiger partial charge >= 0.3 is 0 Å². The first-order valence-electron chi connectivity index (χ1n) is 7.41. The second-order valence-corrected chi connectivity index (χ2v) is 6.70. The van der Waals surface area contributed by atoms with Crippen molar-refractivity contribution in [1.29, 1.82) is 0 Å². The zero-order chi connectivity index (χ0) is 18.0. The Kier molecular flexibility index (Phi) is 5.22. The predicted molar refractivity (Wildman–Crippen MR) is 96.8 cm³/mol. The average molecular weight is 378 g/mol. The predicted octanol–water partition coefficient (Wildman–Crippen LogP) is 3.49. The molecule has 0 unspecified atom stereocenters. The van der Waals surface area contributed by atoms with Gasteiger partial charge in [-0.15, -0.1) is 11.8 Å². The molecule has 4 nitrogen and oxygen atoms in total. The van der Waals surface area contributed by atoms with E-state index in [1.165, 1.54) is 12.1 Å². The zero-order valence-corrected chi connectivity index (χ0v) is 14.5. The van der Waals surface area contributed by atoms with E-state index in [-0.39, 0.29) is 33.5 Å². The second-order valence-electron chi connectivity index (χ2n) is 5.19. The lowest BCUT2D eigenvalue weighted by Crippen LogP contribution is -2.31. The number of rotatable bonds is 5. The van der Waals surface area contributed by atoms with Crippen LogP contribution in [0.5, 0.6) is 0 Å². The quantitative estimate of drug-likeness (QED) is 0.810. The molecule has 0 aromatic heterocycles. The van der Waals surface area contributed by atoms with Gasteiger partial charge in [-0.25, -0.2) is 9.29 Å². The molecule has 0 radical (unpaired) electrons. The van der Waals surface area contributed by atoms with Crippen molar-refractivity contribution in [3.63, 3.8) is 0 Å². The molecule has 2 aromatic carbocycles. The molecule has 0 fully saturated rings. The molecule has 1 N–H and O–H groups in total. The van der Waals surface area contributed by atoms with Crippen molar-refractivity contribution in [3.8, 4) is 0 Å². The Labute approximate surface area is 152 Å². The molecule has 0 spiro atoms. The van der Waals surface area contributed by atoms with Gasteiger partial charge in [0, 0.05) is 5.75 Å². The van der Waals surface area contributed by atoms with E-state index in [9.17, 15) is 14.0 Å². The molecule has 0 aliphatic carbocycles. The molecule has 1 aliphatic rings. The van der Waals surface area contributed by atoms with Crippen LogP contribution in [0.25, 0.3) is 5.57 Å². The number of imide groups is 1. The van der Waals surface area contributed by atoms with Crippen LogP contribution in [0.2, 0.25) is 5.02 Å². The van der Waals surface area contributed by atoms with Gasteiger partial charge in [-0.3, -0.25) is 9.59 Å². The number of halogens is 2. The SMILES string of the molecule is O=C1C(SCCO)=C(c2ccccc2)C(=O)N1c1ccc(F)c(Cl)c1. The molecule has 0 saturated heterocycles. The minimum atomic E-state index is -0.629. The highest BCUT2D eigenvalue weighted by atomic mass is 35.5. The number of anilines is 1. The van der Waals surface area contributed by atoms with Gasteiger partial charge < -0.3 is 5.11 Å². The van der Waals surface area contributed by atoms with Crippen molar-refractivity contribution in [2.24, 2.45) is 0 Å². The summed E-state index contributed by atoms with van der Waals surface area (Å²) >= 11 is 6.90. The fourth-order valence-electron chi connectivity index (χ4n) is 2.51. The smallest absolute Gasteiger partial charge is 0.272 e. The molecule has 1 heterocycles. The van der Waals surface area contributed by atoms with E-state index in [4.69, 9.17) is 16.7 Å². The van der Waals surface area contributed by atoms with Gasteiger partial charge in [0.1, 0.15) is 5.82 Å². The van der Waals surface area contributed by atoms with E-state index in [0.29, 0.717) is 5.56 Å². The summed E-state index contributed by atoms with van der Waals surface area (Å²) in [5.41, 5.74) is 1.08. The van der Waals surface area contributed by atoms with Crippen LogP contribution in [0.3, 0.4) is 0 Å². The first-order chi connectivity index (χ1) is 12.0. The lowest BCUT2D eigenvalue weighted by molar-refractivity contribution is -0.119. The van der Waals surface area contributed by atoms with Gasteiger partial charge in [0.05, 0.1) is 27.8 Å². The Bertz CT molecular complexity index is 870. The number of aliphatic hydroxyl groups is 1. The van der Waals surface area contributed by atoms with Crippen LogP contribution in [0, 0.1) is 5.82 Å². The Balaban J connectivity index is 2.07. The fourth-order valence-corrected chi connectivity index (χ4v) is 3.54. The van der Waals surface area contributed by atoms with Gasteiger partial charge in [-0.1, -0.05) is 41.9 Å². The van der Waals surface area contributed by atoms with E-state index in [1.807, 2.05) is 6.07 Å². The van der Waals surface area contributed by atoms with Crippen LogP contribution >= 0.6 is 23.4 Å². The third-order valence-electron chi connectivity index (χ3n) is 3.60. The zero-order valence-electron chi connectivity index (χ0n) is 12.9. The van der Waals surface area contributed by atoms with Crippen LogP contribution in [0.15, 0.2) is 53.4 Å². The van der Waals surface area contributed by atoms with Crippen molar-refractivity contribution >= 4 is 46.4 Å². The summed E-state index contributed by atoms with van der Waals surface area (Å²) in [7, 11) is 0. The molecule has 128 valence electrons. The van der Waals surface area contributed by atoms with Gasteiger partial charge in [-0.05, 0) is 23.8 Å². The third kappa shape index (κ3) is 3.33. The summed E-state index contributed by atoms with van der Waals surface area (Å²) < 4.78 is 13.4. The Morgan fingerprint density at radius 2 is 1.80 bits per heavy atom. The fraction of sp³-hybridized carbons (Fsp3) is 0.111. The van der Waals surface area contributed by atoms with E-state index >= 15 is 0 Å². The maximum Gasteiger partial charge on any atom is 0.272 e. The Morgan fingerprint density at radius 1 is 1.08 bits per heavy atom. The summed E-state index contributed by atoms with van der Waals surface area (Å²) in [6.07, 6.45) is 0. The minimum absolute atomic E-state index is 0.125. The van der Waals surface area contributed by atoms with E-state index in [2.05, 4.69) is 0 Å². The second kappa shape index (κ2) is 7.39. The van der Waals surface area contributed by atoms with E-state index in [1.54, 1.807) is 24.3 Å². The van der Waals surface area contributed by atoms with Crippen molar-refractivity contribution in [2.75, 3.05) is 17.3 Å². The van der Waals surface area contributed by atoms with Gasteiger partial charge in [0.25, 0.3) is 11.8 Å². The summed E-state index contributed by atoms with van der Waals surface area (Å²) in [4.78, 5) is 27.0. The molecular formula is C18H13ClFNO3S. The summed E-state index contributed by atoms with van der Waals surface area (Å²) in [6.45, 7) is -0.125. The number of hydrogen-bond donors (Lipinski definition) is 1. The maximum absolute atomic E-state index is 13.4.